The summed E-state index contributed by atoms with van der Waals surface area (Å²) in [6.07, 6.45) is 5.76. The Morgan fingerprint density at radius 3 is 2.52 bits per heavy atom. The number of unbranched alkanes of at least 4 members (excludes halogenated alkanes) is 1. The second-order valence-electron chi connectivity index (χ2n) is 6.86. The van der Waals surface area contributed by atoms with Crippen molar-refractivity contribution in [3.8, 4) is 22.4 Å². The van der Waals surface area contributed by atoms with Crippen LogP contribution in [0.1, 0.15) is 26.2 Å². The van der Waals surface area contributed by atoms with Crippen LogP contribution >= 0.6 is 0 Å². The lowest BCUT2D eigenvalue weighted by Crippen LogP contribution is -2.11. The lowest BCUT2D eigenvalue weighted by atomic mass is 10.00. The van der Waals surface area contributed by atoms with Gasteiger partial charge >= 0.3 is 0 Å². The van der Waals surface area contributed by atoms with E-state index in [0.29, 0.717) is 17.9 Å². The summed E-state index contributed by atoms with van der Waals surface area (Å²) < 4.78 is 13.4. The number of carbonyl (C=O) groups is 1. The van der Waals surface area contributed by atoms with E-state index in [9.17, 15) is 9.18 Å². The molecule has 29 heavy (non-hydrogen) atoms. The van der Waals surface area contributed by atoms with Crippen molar-refractivity contribution in [3.05, 3.63) is 66.7 Å². The highest BCUT2D eigenvalue weighted by Crippen LogP contribution is 2.38. The number of hydrogen-bond donors (Lipinski definition) is 2. The maximum atomic E-state index is 13.4. The Hall–Kier alpha value is -3.54. The monoisotopic (exact) mass is 388 g/mol. The number of aromatic nitrogens is 3. The summed E-state index contributed by atoms with van der Waals surface area (Å²) in [5.74, 6) is 0.177. The summed E-state index contributed by atoms with van der Waals surface area (Å²) in [7, 11) is 0. The van der Waals surface area contributed by atoms with E-state index >= 15 is 0 Å². The van der Waals surface area contributed by atoms with Crippen LogP contribution in [0.4, 0.5) is 10.2 Å². The van der Waals surface area contributed by atoms with Gasteiger partial charge in [-0.1, -0.05) is 13.3 Å². The van der Waals surface area contributed by atoms with Crippen molar-refractivity contribution in [2.45, 2.75) is 26.2 Å². The van der Waals surface area contributed by atoms with Crippen molar-refractivity contribution >= 4 is 22.8 Å². The van der Waals surface area contributed by atoms with Gasteiger partial charge in [-0.25, -0.2) is 9.37 Å². The number of fused-ring (bicyclic) bond motifs is 1. The molecule has 0 fully saturated rings. The van der Waals surface area contributed by atoms with Crippen molar-refractivity contribution < 1.29 is 9.18 Å². The van der Waals surface area contributed by atoms with Crippen LogP contribution in [0.25, 0.3) is 33.4 Å². The Kier molecular flexibility index (Phi) is 5.33. The number of nitrogens with zero attached hydrogens (tertiary/aromatic N) is 2. The molecule has 5 nitrogen and oxygen atoms in total. The van der Waals surface area contributed by atoms with Crippen LogP contribution in [0.3, 0.4) is 0 Å². The zero-order valence-corrected chi connectivity index (χ0v) is 16.1. The molecular weight excluding hydrogens is 367 g/mol. The molecule has 0 aliphatic carbocycles. The molecule has 0 spiro atoms. The molecule has 6 heteroatoms. The molecule has 0 aliphatic rings. The third kappa shape index (κ3) is 4.01. The van der Waals surface area contributed by atoms with Crippen molar-refractivity contribution in [3.63, 3.8) is 0 Å². The number of benzene rings is 1. The van der Waals surface area contributed by atoms with Crippen LogP contribution in [-0.4, -0.2) is 20.9 Å². The number of aromatic amines is 1. The molecule has 4 aromatic rings. The molecule has 3 heterocycles. The summed E-state index contributed by atoms with van der Waals surface area (Å²) in [4.78, 5) is 24.1. The van der Waals surface area contributed by atoms with Gasteiger partial charge in [-0.05, 0) is 66.1 Å². The minimum absolute atomic E-state index is 0.0432. The lowest BCUT2D eigenvalue weighted by molar-refractivity contribution is -0.116. The van der Waals surface area contributed by atoms with E-state index in [-0.39, 0.29) is 11.7 Å². The van der Waals surface area contributed by atoms with Gasteiger partial charge in [0.25, 0.3) is 0 Å². The Balaban J connectivity index is 1.80. The van der Waals surface area contributed by atoms with E-state index < -0.39 is 0 Å². The van der Waals surface area contributed by atoms with Gasteiger partial charge in [0.15, 0.2) is 0 Å². The van der Waals surface area contributed by atoms with E-state index in [0.717, 1.165) is 40.6 Å². The molecule has 3 aromatic heterocycles. The van der Waals surface area contributed by atoms with Gasteiger partial charge < -0.3 is 10.3 Å². The molecular formula is C23H21FN4O. The molecule has 2 N–H and O–H groups in total. The van der Waals surface area contributed by atoms with E-state index in [1.807, 2.05) is 25.1 Å². The molecule has 0 radical (unpaired) electrons. The number of anilines is 1. The first-order chi connectivity index (χ1) is 14.2. The third-order valence-electron chi connectivity index (χ3n) is 4.78. The smallest absolute Gasteiger partial charge is 0.225 e. The van der Waals surface area contributed by atoms with Crippen molar-refractivity contribution in [2.75, 3.05) is 5.32 Å². The fourth-order valence-corrected chi connectivity index (χ4v) is 3.34. The maximum Gasteiger partial charge on any atom is 0.225 e. The van der Waals surface area contributed by atoms with Gasteiger partial charge in [0.2, 0.25) is 5.91 Å². The molecule has 146 valence electrons. The summed E-state index contributed by atoms with van der Waals surface area (Å²) in [5.41, 5.74) is 4.29. The zero-order valence-electron chi connectivity index (χ0n) is 16.1. The van der Waals surface area contributed by atoms with Gasteiger partial charge in [-0.2, -0.15) is 0 Å². The predicted octanol–water partition coefficient (Wildman–Crippen LogP) is 5.56. The van der Waals surface area contributed by atoms with Gasteiger partial charge in [-0.3, -0.25) is 9.78 Å². The first-order valence-electron chi connectivity index (χ1n) is 9.64. The average molecular weight is 388 g/mol. The second-order valence-corrected chi connectivity index (χ2v) is 6.86. The number of amides is 1. The summed E-state index contributed by atoms with van der Waals surface area (Å²) in [6.45, 7) is 2.05. The fourth-order valence-electron chi connectivity index (χ4n) is 3.34. The summed E-state index contributed by atoms with van der Waals surface area (Å²) in [5, 5.41) is 3.77. The van der Waals surface area contributed by atoms with Crippen molar-refractivity contribution in [1.29, 1.82) is 0 Å². The number of pyridine rings is 2. The highest BCUT2D eigenvalue weighted by Gasteiger charge is 2.17. The Labute approximate surface area is 168 Å². The molecule has 1 aromatic carbocycles. The van der Waals surface area contributed by atoms with Crippen LogP contribution < -0.4 is 5.32 Å². The zero-order chi connectivity index (χ0) is 20.2. The number of H-pyrrole nitrogens is 1. The SMILES string of the molecule is CCCCC(=O)Nc1ccc2c(-c3ccncc3)c(-c3ccc(F)cc3)[nH]c2n1. The van der Waals surface area contributed by atoms with Gasteiger partial charge in [-0.15, -0.1) is 0 Å². The second kappa shape index (κ2) is 8.22. The number of carbonyl (C=O) groups excluding carboxylic acids is 1. The molecule has 4 rings (SSSR count). The standard InChI is InChI=1S/C23H21FN4O/c1-2-3-4-20(29)26-19-10-9-18-21(15-11-13-25-14-12-15)22(28-23(18)27-19)16-5-7-17(24)8-6-16/h5-14H,2-4H2,1H3,(H2,26,27,28,29). The highest BCUT2D eigenvalue weighted by molar-refractivity contribution is 6.03. The van der Waals surface area contributed by atoms with Crippen LogP contribution in [-0.2, 0) is 4.79 Å². The Morgan fingerprint density at radius 2 is 1.79 bits per heavy atom. The summed E-state index contributed by atoms with van der Waals surface area (Å²) >= 11 is 0. The van der Waals surface area contributed by atoms with Crippen molar-refractivity contribution in [2.24, 2.45) is 0 Å². The van der Waals surface area contributed by atoms with Crippen LogP contribution in [0.15, 0.2) is 60.9 Å². The van der Waals surface area contributed by atoms with Crippen LogP contribution in [0.2, 0.25) is 0 Å². The first kappa shape index (κ1) is 18.8. The molecule has 1 amide bonds. The molecule has 0 unspecified atom stereocenters. The average Bonchev–Trinajstić information content (AvgIpc) is 3.12. The molecule has 0 saturated carbocycles. The van der Waals surface area contributed by atoms with Crippen LogP contribution in [0, 0.1) is 5.82 Å². The lowest BCUT2D eigenvalue weighted by Gasteiger charge is -2.06. The number of halogens is 1. The van der Waals surface area contributed by atoms with Crippen LogP contribution in [0.5, 0.6) is 0 Å². The van der Waals surface area contributed by atoms with E-state index in [2.05, 4.69) is 20.3 Å². The minimum atomic E-state index is -0.287. The minimum Gasteiger partial charge on any atom is -0.339 e. The topological polar surface area (TPSA) is 70.7 Å². The first-order valence-corrected chi connectivity index (χ1v) is 9.64. The molecule has 0 atom stereocenters. The molecule has 0 saturated heterocycles. The van der Waals surface area contributed by atoms with Crippen molar-refractivity contribution in [1.82, 2.24) is 15.0 Å². The molecule has 0 aliphatic heterocycles. The molecule has 0 bridgehead atoms. The largest absolute Gasteiger partial charge is 0.339 e. The van der Waals surface area contributed by atoms with E-state index in [1.165, 1.54) is 12.1 Å². The Morgan fingerprint density at radius 1 is 1.03 bits per heavy atom. The highest BCUT2D eigenvalue weighted by atomic mass is 19.1. The number of hydrogen-bond acceptors (Lipinski definition) is 3. The van der Waals surface area contributed by atoms with E-state index in [4.69, 9.17) is 0 Å². The summed E-state index contributed by atoms with van der Waals surface area (Å²) in [6, 6.07) is 13.9. The van der Waals surface area contributed by atoms with Gasteiger partial charge in [0.05, 0.1) is 5.69 Å². The predicted molar refractivity (Wildman–Crippen MR) is 113 cm³/mol. The third-order valence-corrected chi connectivity index (χ3v) is 4.78. The quantitative estimate of drug-likeness (QED) is 0.454. The van der Waals surface area contributed by atoms with E-state index in [1.54, 1.807) is 30.6 Å². The fraction of sp³-hybridized carbons (Fsp3) is 0.174. The normalized spacial score (nSPS) is 11.0. The van der Waals surface area contributed by atoms with Gasteiger partial charge in [0.1, 0.15) is 17.3 Å². The maximum absolute atomic E-state index is 13.4. The Bertz CT molecular complexity index is 1140. The number of nitrogens with one attached hydrogen (secondary N) is 2. The number of rotatable bonds is 6. The van der Waals surface area contributed by atoms with Gasteiger partial charge in [0, 0.05) is 29.8 Å².